The van der Waals surface area contributed by atoms with Gasteiger partial charge in [-0.1, -0.05) is 6.92 Å². The number of halogens is 2. The van der Waals surface area contributed by atoms with E-state index in [4.69, 9.17) is 0 Å². The van der Waals surface area contributed by atoms with E-state index in [1.165, 1.54) is 12.1 Å². The average Bonchev–Trinajstić information content (AvgIpc) is 2.58. The molecule has 2 rings (SSSR count). The first-order valence-electron chi connectivity index (χ1n) is 7.43. The Morgan fingerprint density at radius 3 is 2.60 bits per heavy atom. The maximum atomic E-state index is 13.2. The molecule has 0 bridgehead atoms. The van der Waals surface area contributed by atoms with Crippen molar-refractivity contribution in [2.45, 2.75) is 38.6 Å². The monoisotopic (exact) mass is 282 g/mol. The minimum absolute atomic E-state index is 0.143. The summed E-state index contributed by atoms with van der Waals surface area (Å²) in [6, 6.07) is 3.78. The smallest absolute Gasteiger partial charge is 0.126 e. The lowest BCUT2D eigenvalue weighted by atomic mass is 9.98. The van der Waals surface area contributed by atoms with Gasteiger partial charge in [0.05, 0.1) is 0 Å². The Kier molecular flexibility index (Phi) is 5.11. The summed E-state index contributed by atoms with van der Waals surface area (Å²) in [5.74, 6) is -0.980. The van der Waals surface area contributed by atoms with E-state index in [9.17, 15) is 8.78 Å². The Labute approximate surface area is 120 Å². The minimum atomic E-state index is -0.490. The normalized spacial score (nSPS) is 24.6. The van der Waals surface area contributed by atoms with Gasteiger partial charge in [-0.15, -0.1) is 0 Å². The van der Waals surface area contributed by atoms with Crippen molar-refractivity contribution in [2.75, 3.05) is 26.2 Å². The summed E-state index contributed by atoms with van der Waals surface area (Å²) in [7, 11) is 0. The number of benzene rings is 1. The summed E-state index contributed by atoms with van der Waals surface area (Å²) in [4.78, 5) is 2.40. The Morgan fingerprint density at radius 2 is 1.95 bits per heavy atom. The van der Waals surface area contributed by atoms with Crippen LogP contribution in [0.25, 0.3) is 0 Å². The van der Waals surface area contributed by atoms with E-state index >= 15 is 0 Å². The summed E-state index contributed by atoms with van der Waals surface area (Å²) < 4.78 is 26.3. The van der Waals surface area contributed by atoms with E-state index < -0.39 is 11.6 Å². The first-order valence-corrected chi connectivity index (χ1v) is 7.43. The fraction of sp³-hybridized carbons (Fsp3) is 0.625. The third-order valence-electron chi connectivity index (χ3n) is 4.19. The van der Waals surface area contributed by atoms with Crippen molar-refractivity contribution >= 4 is 0 Å². The first-order chi connectivity index (χ1) is 9.50. The molecule has 1 fully saturated rings. The molecule has 2 nitrogen and oxygen atoms in total. The molecule has 4 heteroatoms. The van der Waals surface area contributed by atoms with Crippen molar-refractivity contribution in [3.05, 3.63) is 35.4 Å². The van der Waals surface area contributed by atoms with Crippen LogP contribution in [0.5, 0.6) is 0 Å². The number of rotatable bonds is 4. The zero-order valence-corrected chi connectivity index (χ0v) is 12.4. The summed E-state index contributed by atoms with van der Waals surface area (Å²) in [5, 5.41) is 3.59. The van der Waals surface area contributed by atoms with Gasteiger partial charge in [0.15, 0.2) is 0 Å². The molecule has 1 atom stereocenters. The lowest BCUT2D eigenvalue weighted by Crippen LogP contribution is -2.48. The van der Waals surface area contributed by atoms with Gasteiger partial charge in [0.2, 0.25) is 0 Å². The topological polar surface area (TPSA) is 15.3 Å². The molecule has 1 unspecified atom stereocenters. The van der Waals surface area contributed by atoms with Crippen LogP contribution in [0.4, 0.5) is 8.78 Å². The molecule has 1 aromatic rings. The summed E-state index contributed by atoms with van der Waals surface area (Å²) in [6.07, 6.45) is 2.89. The number of nitrogens with zero attached hydrogens (tertiary/aromatic N) is 1. The Balaban J connectivity index is 1.95. The molecular formula is C16H24F2N2. The van der Waals surface area contributed by atoms with E-state index in [0.717, 1.165) is 50.7 Å². The van der Waals surface area contributed by atoms with Gasteiger partial charge in [-0.25, -0.2) is 8.78 Å². The Hall–Kier alpha value is -1.00. The molecule has 112 valence electrons. The maximum absolute atomic E-state index is 13.2. The summed E-state index contributed by atoms with van der Waals surface area (Å²) in [5.41, 5.74) is 0.877. The van der Waals surface area contributed by atoms with Crippen LogP contribution in [0.1, 0.15) is 32.3 Å². The Morgan fingerprint density at radius 1 is 1.25 bits per heavy atom. The minimum Gasteiger partial charge on any atom is -0.310 e. The number of hydrogen-bond donors (Lipinski definition) is 1. The van der Waals surface area contributed by atoms with Crippen LogP contribution in [0, 0.1) is 11.6 Å². The second-order valence-electron chi connectivity index (χ2n) is 6.00. The van der Waals surface area contributed by atoms with Gasteiger partial charge in [0, 0.05) is 24.7 Å². The van der Waals surface area contributed by atoms with Crippen molar-refractivity contribution in [1.82, 2.24) is 10.2 Å². The van der Waals surface area contributed by atoms with Crippen molar-refractivity contribution < 1.29 is 8.78 Å². The van der Waals surface area contributed by atoms with Gasteiger partial charge in [0.25, 0.3) is 0 Å². The highest BCUT2D eigenvalue weighted by molar-refractivity contribution is 5.18. The molecule has 0 aromatic heterocycles. The zero-order chi connectivity index (χ0) is 14.6. The van der Waals surface area contributed by atoms with Crippen LogP contribution in [0.2, 0.25) is 0 Å². The number of nitrogens with one attached hydrogen (secondary N) is 1. The lowest BCUT2D eigenvalue weighted by molar-refractivity contribution is 0.217. The van der Waals surface area contributed by atoms with Crippen molar-refractivity contribution in [1.29, 1.82) is 0 Å². The fourth-order valence-electron chi connectivity index (χ4n) is 2.79. The molecule has 0 spiro atoms. The molecule has 1 heterocycles. The third-order valence-corrected chi connectivity index (χ3v) is 4.19. The molecule has 1 aliphatic rings. The SMILES string of the molecule is CCC1(C)CN(CCc2cc(F)cc(F)c2)CCCN1. The van der Waals surface area contributed by atoms with Crippen molar-refractivity contribution in [3.63, 3.8) is 0 Å². The average molecular weight is 282 g/mol. The molecule has 1 aromatic carbocycles. The molecule has 20 heavy (non-hydrogen) atoms. The predicted octanol–water partition coefficient (Wildman–Crippen LogP) is 2.97. The molecule has 1 aliphatic heterocycles. The van der Waals surface area contributed by atoms with Crippen molar-refractivity contribution in [3.8, 4) is 0 Å². The fourth-order valence-corrected chi connectivity index (χ4v) is 2.79. The van der Waals surface area contributed by atoms with Gasteiger partial charge in [-0.3, -0.25) is 0 Å². The number of hydrogen-bond acceptors (Lipinski definition) is 2. The standard InChI is InChI=1S/C16H24F2N2/c1-3-16(2)12-20(7-4-6-19-16)8-5-13-9-14(17)11-15(18)10-13/h9-11,19H,3-8,12H2,1-2H3. The molecule has 0 saturated carbocycles. The van der Waals surface area contributed by atoms with Crippen LogP contribution in [-0.4, -0.2) is 36.6 Å². The lowest BCUT2D eigenvalue weighted by Gasteiger charge is -2.32. The first kappa shape index (κ1) is 15.4. The van der Waals surface area contributed by atoms with Gasteiger partial charge < -0.3 is 10.2 Å². The molecular weight excluding hydrogens is 258 g/mol. The molecule has 0 amide bonds. The maximum Gasteiger partial charge on any atom is 0.126 e. The van der Waals surface area contributed by atoms with Gasteiger partial charge in [-0.05, 0) is 57.0 Å². The zero-order valence-electron chi connectivity index (χ0n) is 12.4. The highest BCUT2D eigenvalue weighted by Gasteiger charge is 2.26. The van der Waals surface area contributed by atoms with E-state index in [-0.39, 0.29) is 5.54 Å². The Bertz CT molecular complexity index is 430. The summed E-state index contributed by atoms with van der Waals surface area (Å²) >= 11 is 0. The van der Waals surface area contributed by atoms with E-state index in [0.29, 0.717) is 6.42 Å². The van der Waals surface area contributed by atoms with Crippen LogP contribution in [0.15, 0.2) is 18.2 Å². The molecule has 1 N–H and O–H groups in total. The second-order valence-corrected chi connectivity index (χ2v) is 6.00. The van der Waals surface area contributed by atoms with Gasteiger partial charge >= 0.3 is 0 Å². The van der Waals surface area contributed by atoms with E-state index in [1.54, 1.807) is 0 Å². The molecule has 0 aliphatic carbocycles. The predicted molar refractivity (Wildman–Crippen MR) is 77.8 cm³/mol. The van der Waals surface area contributed by atoms with Crippen LogP contribution < -0.4 is 5.32 Å². The highest BCUT2D eigenvalue weighted by Crippen LogP contribution is 2.16. The molecule has 0 radical (unpaired) electrons. The van der Waals surface area contributed by atoms with Crippen molar-refractivity contribution in [2.24, 2.45) is 0 Å². The molecule has 1 saturated heterocycles. The second kappa shape index (κ2) is 6.64. The van der Waals surface area contributed by atoms with E-state index in [1.807, 2.05) is 0 Å². The van der Waals surface area contributed by atoms with Crippen LogP contribution >= 0.6 is 0 Å². The van der Waals surface area contributed by atoms with E-state index in [2.05, 4.69) is 24.1 Å². The van der Waals surface area contributed by atoms with Crippen LogP contribution in [-0.2, 0) is 6.42 Å². The van der Waals surface area contributed by atoms with Crippen LogP contribution in [0.3, 0.4) is 0 Å². The quantitative estimate of drug-likeness (QED) is 0.913. The third kappa shape index (κ3) is 4.25. The highest BCUT2D eigenvalue weighted by atomic mass is 19.1. The largest absolute Gasteiger partial charge is 0.310 e. The van der Waals surface area contributed by atoms with Gasteiger partial charge in [-0.2, -0.15) is 0 Å². The van der Waals surface area contributed by atoms with Gasteiger partial charge in [0.1, 0.15) is 11.6 Å². The summed E-state index contributed by atoms with van der Waals surface area (Å²) in [6.45, 7) is 8.35.